The average Bonchev–Trinajstić information content (AvgIpc) is 2.47. The molecule has 0 unspecified atom stereocenters. The van der Waals surface area contributed by atoms with Crippen LogP contribution in [0.5, 0.6) is 0 Å². The number of anilines is 1. The van der Waals surface area contributed by atoms with E-state index in [1.807, 2.05) is 18.2 Å². The van der Waals surface area contributed by atoms with Crippen molar-refractivity contribution in [2.45, 2.75) is 6.42 Å². The van der Waals surface area contributed by atoms with Crippen molar-refractivity contribution in [2.24, 2.45) is 0 Å². The number of nitrogens with one attached hydrogen (secondary N) is 2. The maximum Gasteiger partial charge on any atom is 0.238 e. The van der Waals surface area contributed by atoms with E-state index < -0.39 is 0 Å². The molecule has 0 aromatic heterocycles. The summed E-state index contributed by atoms with van der Waals surface area (Å²) in [6.45, 7) is 0.977. The number of hydrogen-bond donors (Lipinski definition) is 2. The SMILES string of the molecule is O=C(CNCCc1ccccc1)Nc1ccc(F)cc1. The molecule has 0 aliphatic heterocycles. The Labute approximate surface area is 117 Å². The molecule has 0 atom stereocenters. The molecule has 1 amide bonds. The lowest BCUT2D eigenvalue weighted by atomic mass is 10.1. The molecule has 0 bridgehead atoms. The second-order valence-corrected chi connectivity index (χ2v) is 4.47. The van der Waals surface area contributed by atoms with Crippen LogP contribution in [0, 0.1) is 5.82 Å². The van der Waals surface area contributed by atoms with Gasteiger partial charge in [0.2, 0.25) is 5.91 Å². The quantitative estimate of drug-likeness (QED) is 0.794. The zero-order chi connectivity index (χ0) is 14.2. The zero-order valence-electron chi connectivity index (χ0n) is 11.1. The lowest BCUT2D eigenvalue weighted by Crippen LogP contribution is -2.29. The average molecular weight is 272 g/mol. The van der Waals surface area contributed by atoms with Crippen molar-refractivity contribution < 1.29 is 9.18 Å². The fourth-order valence-electron chi connectivity index (χ4n) is 1.82. The summed E-state index contributed by atoms with van der Waals surface area (Å²) in [5, 5.41) is 5.78. The predicted molar refractivity (Wildman–Crippen MR) is 78.0 cm³/mol. The third kappa shape index (κ3) is 4.82. The predicted octanol–water partition coefficient (Wildman–Crippen LogP) is 2.60. The molecule has 0 saturated heterocycles. The van der Waals surface area contributed by atoms with Gasteiger partial charge in [0.25, 0.3) is 0 Å². The molecule has 0 saturated carbocycles. The van der Waals surface area contributed by atoms with Gasteiger partial charge in [-0.2, -0.15) is 0 Å². The number of rotatable bonds is 6. The topological polar surface area (TPSA) is 41.1 Å². The summed E-state index contributed by atoms with van der Waals surface area (Å²) in [7, 11) is 0. The highest BCUT2D eigenvalue weighted by atomic mass is 19.1. The van der Waals surface area contributed by atoms with E-state index in [-0.39, 0.29) is 18.3 Å². The van der Waals surface area contributed by atoms with Crippen molar-refractivity contribution in [2.75, 3.05) is 18.4 Å². The number of amides is 1. The van der Waals surface area contributed by atoms with Gasteiger partial charge in [-0.15, -0.1) is 0 Å². The van der Waals surface area contributed by atoms with Crippen LogP contribution in [0.2, 0.25) is 0 Å². The third-order valence-electron chi connectivity index (χ3n) is 2.85. The molecular weight excluding hydrogens is 255 g/mol. The van der Waals surface area contributed by atoms with E-state index in [2.05, 4.69) is 22.8 Å². The highest BCUT2D eigenvalue weighted by Crippen LogP contribution is 2.07. The van der Waals surface area contributed by atoms with Gasteiger partial charge in [0.05, 0.1) is 6.54 Å². The first-order chi connectivity index (χ1) is 9.74. The molecule has 104 valence electrons. The summed E-state index contributed by atoms with van der Waals surface area (Å²) in [6.07, 6.45) is 0.880. The number of benzene rings is 2. The first-order valence-electron chi connectivity index (χ1n) is 6.54. The minimum absolute atomic E-state index is 0.135. The van der Waals surface area contributed by atoms with Crippen LogP contribution in [-0.4, -0.2) is 19.0 Å². The van der Waals surface area contributed by atoms with Gasteiger partial charge in [-0.1, -0.05) is 30.3 Å². The Morgan fingerprint density at radius 1 is 1.00 bits per heavy atom. The van der Waals surface area contributed by atoms with E-state index in [0.29, 0.717) is 5.69 Å². The van der Waals surface area contributed by atoms with Crippen LogP contribution in [0.3, 0.4) is 0 Å². The molecule has 0 fully saturated rings. The molecule has 2 aromatic rings. The molecule has 3 nitrogen and oxygen atoms in total. The molecule has 0 spiro atoms. The molecule has 2 N–H and O–H groups in total. The normalized spacial score (nSPS) is 10.2. The number of carbonyl (C=O) groups is 1. The van der Waals surface area contributed by atoms with E-state index in [1.54, 1.807) is 0 Å². The lowest BCUT2D eigenvalue weighted by molar-refractivity contribution is -0.115. The maximum atomic E-state index is 12.7. The summed E-state index contributed by atoms with van der Waals surface area (Å²) in [4.78, 5) is 11.6. The van der Waals surface area contributed by atoms with Gasteiger partial charge in [-0.25, -0.2) is 4.39 Å². The molecule has 0 radical (unpaired) electrons. The maximum absolute atomic E-state index is 12.7. The van der Waals surface area contributed by atoms with Crippen LogP contribution >= 0.6 is 0 Å². The monoisotopic (exact) mass is 272 g/mol. The number of hydrogen-bond acceptors (Lipinski definition) is 2. The molecule has 0 heterocycles. The van der Waals surface area contributed by atoms with Crippen LogP contribution < -0.4 is 10.6 Å². The van der Waals surface area contributed by atoms with E-state index >= 15 is 0 Å². The molecule has 2 aromatic carbocycles. The van der Waals surface area contributed by atoms with E-state index in [9.17, 15) is 9.18 Å². The second-order valence-electron chi connectivity index (χ2n) is 4.47. The Balaban J connectivity index is 1.66. The van der Waals surface area contributed by atoms with Crippen LogP contribution in [-0.2, 0) is 11.2 Å². The van der Waals surface area contributed by atoms with Crippen LogP contribution in [0.1, 0.15) is 5.56 Å². The summed E-state index contributed by atoms with van der Waals surface area (Å²) in [5.74, 6) is -0.450. The van der Waals surface area contributed by atoms with E-state index in [1.165, 1.54) is 29.8 Å². The minimum Gasteiger partial charge on any atom is -0.325 e. The molecule has 20 heavy (non-hydrogen) atoms. The zero-order valence-corrected chi connectivity index (χ0v) is 11.1. The van der Waals surface area contributed by atoms with Gasteiger partial charge >= 0.3 is 0 Å². The summed E-state index contributed by atoms with van der Waals surface area (Å²) in [6, 6.07) is 15.8. The van der Waals surface area contributed by atoms with Gasteiger partial charge in [-0.3, -0.25) is 4.79 Å². The Bertz CT molecular complexity index is 540. The smallest absolute Gasteiger partial charge is 0.238 e. The summed E-state index contributed by atoms with van der Waals surface area (Å²) >= 11 is 0. The highest BCUT2D eigenvalue weighted by molar-refractivity contribution is 5.92. The minimum atomic E-state index is -0.316. The van der Waals surface area contributed by atoms with Crippen molar-refractivity contribution in [1.82, 2.24) is 5.32 Å². The van der Waals surface area contributed by atoms with Crippen LogP contribution in [0.4, 0.5) is 10.1 Å². The van der Waals surface area contributed by atoms with Crippen molar-refractivity contribution in [3.05, 3.63) is 66.0 Å². The van der Waals surface area contributed by atoms with Crippen molar-refractivity contribution in [3.63, 3.8) is 0 Å². The van der Waals surface area contributed by atoms with E-state index in [4.69, 9.17) is 0 Å². The van der Waals surface area contributed by atoms with Crippen LogP contribution in [0.25, 0.3) is 0 Å². The van der Waals surface area contributed by atoms with Crippen molar-refractivity contribution in [1.29, 1.82) is 0 Å². The molecule has 0 aliphatic carbocycles. The van der Waals surface area contributed by atoms with Crippen molar-refractivity contribution in [3.8, 4) is 0 Å². The largest absolute Gasteiger partial charge is 0.325 e. The van der Waals surface area contributed by atoms with Crippen LogP contribution in [0.15, 0.2) is 54.6 Å². The standard InChI is InChI=1S/C16H17FN2O/c17-14-6-8-15(9-7-14)19-16(20)12-18-11-10-13-4-2-1-3-5-13/h1-9,18H,10-12H2,(H,19,20). The van der Waals surface area contributed by atoms with Gasteiger partial charge in [0, 0.05) is 5.69 Å². The van der Waals surface area contributed by atoms with Crippen molar-refractivity contribution >= 4 is 11.6 Å². The molecule has 0 aliphatic rings. The van der Waals surface area contributed by atoms with Gasteiger partial charge in [0.15, 0.2) is 0 Å². The second kappa shape index (κ2) is 7.40. The molecule has 4 heteroatoms. The molecule has 2 rings (SSSR count). The summed E-state index contributed by atoms with van der Waals surface area (Å²) in [5.41, 5.74) is 1.83. The van der Waals surface area contributed by atoms with Gasteiger partial charge < -0.3 is 10.6 Å². The Kier molecular flexibility index (Phi) is 5.26. The first-order valence-corrected chi connectivity index (χ1v) is 6.54. The lowest BCUT2D eigenvalue weighted by Gasteiger charge is -2.07. The highest BCUT2D eigenvalue weighted by Gasteiger charge is 2.01. The fourth-order valence-corrected chi connectivity index (χ4v) is 1.82. The summed E-state index contributed by atoms with van der Waals surface area (Å²) < 4.78 is 12.7. The molecular formula is C16H17FN2O. The Morgan fingerprint density at radius 2 is 1.70 bits per heavy atom. The Morgan fingerprint density at radius 3 is 2.40 bits per heavy atom. The number of halogens is 1. The van der Waals surface area contributed by atoms with Gasteiger partial charge in [-0.05, 0) is 42.8 Å². The van der Waals surface area contributed by atoms with Gasteiger partial charge in [0.1, 0.15) is 5.82 Å². The Hall–Kier alpha value is -2.20. The third-order valence-corrected chi connectivity index (χ3v) is 2.85. The fraction of sp³-hybridized carbons (Fsp3) is 0.188. The first kappa shape index (κ1) is 14.2. The number of carbonyl (C=O) groups excluding carboxylic acids is 1. The van der Waals surface area contributed by atoms with E-state index in [0.717, 1.165) is 13.0 Å².